The summed E-state index contributed by atoms with van der Waals surface area (Å²) in [7, 11) is 1.38. The summed E-state index contributed by atoms with van der Waals surface area (Å²) in [4.78, 5) is 19.7. The Morgan fingerprint density at radius 1 is 1.29 bits per heavy atom. The number of halogens is 3. The van der Waals surface area contributed by atoms with E-state index in [1.54, 1.807) is 6.92 Å². The molecular weight excluding hydrogens is 302 g/mol. The van der Waals surface area contributed by atoms with E-state index in [2.05, 4.69) is 20.6 Å². The second-order valence-corrected chi connectivity index (χ2v) is 4.54. The third-order valence-electron chi connectivity index (χ3n) is 2.65. The van der Waals surface area contributed by atoms with Crippen molar-refractivity contribution in [2.24, 2.45) is 0 Å². The summed E-state index contributed by atoms with van der Waals surface area (Å²) in [5, 5.41) is 5.25. The van der Waals surface area contributed by atoms with Crippen LogP contribution in [0.5, 0.6) is 0 Å². The fourth-order valence-electron chi connectivity index (χ4n) is 1.64. The summed E-state index contributed by atoms with van der Waals surface area (Å²) in [6.07, 6.45) is 1.37. The SMILES string of the molecule is CNC(=O)c1cc(F)c(F)cc1Nc1nc(C)ncc1Cl. The molecule has 0 saturated heterocycles. The Morgan fingerprint density at radius 3 is 2.62 bits per heavy atom. The minimum atomic E-state index is -1.12. The van der Waals surface area contributed by atoms with E-state index in [0.29, 0.717) is 5.82 Å². The number of aromatic nitrogens is 2. The molecule has 21 heavy (non-hydrogen) atoms. The second kappa shape index (κ2) is 6.01. The number of carbonyl (C=O) groups excluding carboxylic acids is 1. The zero-order chi connectivity index (χ0) is 15.6. The first-order valence-electron chi connectivity index (χ1n) is 5.89. The number of anilines is 2. The van der Waals surface area contributed by atoms with Gasteiger partial charge in [0.15, 0.2) is 17.5 Å². The molecule has 0 fully saturated rings. The van der Waals surface area contributed by atoms with Gasteiger partial charge in [0.1, 0.15) is 10.8 Å². The first-order valence-corrected chi connectivity index (χ1v) is 6.27. The fraction of sp³-hybridized carbons (Fsp3) is 0.154. The fourth-order valence-corrected chi connectivity index (χ4v) is 1.78. The van der Waals surface area contributed by atoms with Gasteiger partial charge in [0.25, 0.3) is 5.91 Å². The van der Waals surface area contributed by atoms with Crippen molar-refractivity contribution in [1.82, 2.24) is 15.3 Å². The molecule has 0 bridgehead atoms. The van der Waals surface area contributed by atoms with Gasteiger partial charge < -0.3 is 10.6 Å². The Kier molecular flexibility index (Phi) is 4.32. The third-order valence-corrected chi connectivity index (χ3v) is 2.93. The van der Waals surface area contributed by atoms with Crippen molar-refractivity contribution in [1.29, 1.82) is 0 Å². The maximum atomic E-state index is 13.4. The topological polar surface area (TPSA) is 66.9 Å². The molecule has 2 aromatic rings. The van der Waals surface area contributed by atoms with Crippen LogP contribution in [0.25, 0.3) is 0 Å². The minimum Gasteiger partial charge on any atom is -0.355 e. The van der Waals surface area contributed by atoms with Crippen LogP contribution in [0.4, 0.5) is 20.3 Å². The summed E-state index contributed by atoms with van der Waals surface area (Å²) in [6.45, 7) is 1.65. The van der Waals surface area contributed by atoms with E-state index in [1.807, 2.05) is 0 Å². The normalized spacial score (nSPS) is 10.3. The third kappa shape index (κ3) is 3.25. The van der Waals surface area contributed by atoms with Gasteiger partial charge in [0.05, 0.1) is 17.4 Å². The van der Waals surface area contributed by atoms with Crippen molar-refractivity contribution in [2.75, 3.05) is 12.4 Å². The molecule has 1 heterocycles. The Hall–Kier alpha value is -2.28. The standard InChI is InChI=1S/C13H11ClF2N4O/c1-6-18-5-8(14)12(19-6)20-11-4-10(16)9(15)3-7(11)13(21)17-2/h3-5H,1-2H3,(H,17,21)(H,18,19,20). The molecule has 8 heteroatoms. The second-order valence-electron chi connectivity index (χ2n) is 4.13. The smallest absolute Gasteiger partial charge is 0.253 e. The van der Waals surface area contributed by atoms with Crippen LogP contribution in [0.15, 0.2) is 18.3 Å². The van der Waals surface area contributed by atoms with Crippen LogP contribution in [0.2, 0.25) is 5.02 Å². The van der Waals surface area contributed by atoms with E-state index in [9.17, 15) is 13.6 Å². The lowest BCUT2D eigenvalue weighted by atomic mass is 10.1. The minimum absolute atomic E-state index is 0.0493. The maximum Gasteiger partial charge on any atom is 0.253 e. The molecule has 0 atom stereocenters. The Labute approximate surface area is 124 Å². The van der Waals surface area contributed by atoms with Gasteiger partial charge >= 0.3 is 0 Å². The van der Waals surface area contributed by atoms with Gasteiger partial charge in [0, 0.05) is 13.1 Å². The number of nitrogens with zero attached hydrogens (tertiary/aromatic N) is 2. The van der Waals surface area contributed by atoms with Crippen molar-refractivity contribution < 1.29 is 13.6 Å². The number of carbonyl (C=O) groups is 1. The van der Waals surface area contributed by atoms with E-state index in [-0.39, 0.29) is 22.1 Å². The van der Waals surface area contributed by atoms with E-state index in [0.717, 1.165) is 12.1 Å². The molecule has 1 amide bonds. The maximum absolute atomic E-state index is 13.4. The van der Waals surface area contributed by atoms with Crippen molar-refractivity contribution in [2.45, 2.75) is 6.92 Å². The van der Waals surface area contributed by atoms with Crippen LogP contribution in [-0.2, 0) is 0 Å². The number of benzene rings is 1. The largest absolute Gasteiger partial charge is 0.355 e. The lowest BCUT2D eigenvalue weighted by Crippen LogP contribution is -2.20. The van der Waals surface area contributed by atoms with E-state index < -0.39 is 17.5 Å². The molecule has 0 spiro atoms. The highest BCUT2D eigenvalue weighted by Gasteiger charge is 2.16. The molecule has 0 aliphatic rings. The van der Waals surface area contributed by atoms with Crippen LogP contribution < -0.4 is 10.6 Å². The number of amides is 1. The van der Waals surface area contributed by atoms with Crippen molar-refractivity contribution in [3.63, 3.8) is 0 Å². The highest BCUT2D eigenvalue weighted by atomic mass is 35.5. The molecule has 0 saturated carbocycles. The molecule has 2 N–H and O–H groups in total. The number of rotatable bonds is 3. The highest BCUT2D eigenvalue weighted by molar-refractivity contribution is 6.32. The lowest BCUT2D eigenvalue weighted by Gasteiger charge is -2.12. The van der Waals surface area contributed by atoms with Crippen LogP contribution in [-0.4, -0.2) is 22.9 Å². The van der Waals surface area contributed by atoms with Gasteiger partial charge in [-0.2, -0.15) is 0 Å². The lowest BCUT2D eigenvalue weighted by molar-refractivity contribution is 0.0963. The number of nitrogens with one attached hydrogen (secondary N) is 2. The van der Waals surface area contributed by atoms with Crippen LogP contribution in [0.3, 0.4) is 0 Å². The summed E-state index contributed by atoms with van der Waals surface area (Å²) < 4.78 is 26.7. The molecule has 0 radical (unpaired) electrons. The quantitative estimate of drug-likeness (QED) is 0.914. The van der Waals surface area contributed by atoms with E-state index in [1.165, 1.54) is 13.2 Å². The number of hydrogen-bond acceptors (Lipinski definition) is 4. The van der Waals surface area contributed by atoms with Crippen LogP contribution in [0, 0.1) is 18.6 Å². The van der Waals surface area contributed by atoms with Gasteiger partial charge in [-0.25, -0.2) is 18.7 Å². The predicted octanol–water partition coefficient (Wildman–Crippen LogP) is 2.82. The average molecular weight is 313 g/mol. The summed E-state index contributed by atoms with van der Waals surface area (Å²) in [5.74, 6) is -2.15. The zero-order valence-corrected chi connectivity index (χ0v) is 11.9. The summed E-state index contributed by atoms with van der Waals surface area (Å²) >= 11 is 5.93. The molecule has 0 aliphatic heterocycles. The van der Waals surface area contributed by atoms with Crippen LogP contribution >= 0.6 is 11.6 Å². The number of aryl methyl sites for hydroxylation is 1. The molecule has 1 aromatic heterocycles. The van der Waals surface area contributed by atoms with Gasteiger partial charge in [-0.3, -0.25) is 4.79 Å². The van der Waals surface area contributed by atoms with Crippen LogP contribution in [0.1, 0.15) is 16.2 Å². The average Bonchev–Trinajstić information content (AvgIpc) is 2.45. The molecule has 2 rings (SSSR count). The first-order chi connectivity index (χ1) is 9.92. The van der Waals surface area contributed by atoms with Gasteiger partial charge in [0.2, 0.25) is 0 Å². The van der Waals surface area contributed by atoms with Gasteiger partial charge in [-0.15, -0.1) is 0 Å². The van der Waals surface area contributed by atoms with Gasteiger partial charge in [-0.05, 0) is 13.0 Å². The number of hydrogen-bond donors (Lipinski definition) is 2. The molecule has 0 aliphatic carbocycles. The van der Waals surface area contributed by atoms with Crippen molar-refractivity contribution in [3.05, 3.63) is 46.4 Å². The summed E-state index contributed by atoms with van der Waals surface area (Å²) in [5.41, 5.74) is -0.0167. The van der Waals surface area contributed by atoms with Crippen molar-refractivity contribution in [3.8, 4) is 0 Å². The molecule has 1 aromatic carbocycles. The molecule has 110 valence electrons. The first kappa shape index (κ1) is 15.1. The molecule has 0 unspecified atom stereocenters. The van der Waals surface area contributed by atoms with Gasteiger partial charge in [-0.1, -0.05) is 11.6 Å². The van der Waals surface area contributed by atoms with E-state index >= 15 is 0 Å². The van der Waals surface area contributed by atoms with Crippen molar-refractivity contribution >= 4 is 29.0 Å². The predicted molar refractivity (Wildman–Crippen MR) is 74.8 cm³/mol. The zero-order valence-electron chi connectivity index (χ0n) is 11.2. The Morgan fingerprint density at radius 2 is 1.95 bits per heavy atom. The summed E-state index contributed by atoms with van der Waals surface area (Å²) in [6, 6.07) is 1.67. The Bertz CT molecular complexity index is 709. The monoisotopic (exact) mass is 312 g/mol. The molecule has 5 nitrogen and oxygen atoms in total. The van der Waals surface area contributed by atoms with E-state index in [4.69, 9.17) is 11.6 Å². The highest BCUT2D eigenvalue weighted by Crippen LogP contribution is 2.27. The molecular formula is C13H11ClF2N4O. The Balaban J connectivity index is 2.50.